The highest BCUT2D eigenvalue weighted by Crippen LogP contribution is 2.31. The largest absolute Gasteiger partial charge is 0.302 e. The number of hydrogen-bond donors (Lipinski definition) is 1. The van der Waals surface area contributed by atoms with Gasteiger partial charge in [-0.1, -0.05) is 37.6 Å². The number of rotatable bonds is 7. The number of amides is 1. The Morgan fingerprint density at radius 2 is 2.00 bits per heavy atom. The first-order chi connectivity index (χ1) is 10.7. The summed E-state index contributed by atoms with van der Waals surface area (Å²) in [5.41, 5.74) is 2.70. The van der Waals surface area contributed by atoms with E-state index in [9.17, 15) is 4.79 Å². The molecule has 1 aromatic carbocycles. The summed E-state index contributed by atoms with van der Waals surface area (Å²) in [7, 11) is 0. The van der Waals surface area contributed by atoms with Gasteiger partial charge in [0, 0.05) is 23.4 Å². The smallest absolute Gasteiger partial charge is 0.229 e. The molecule has 1 amide bonds. The van der Waals surface area contributed by atoms with Gasteiger partial charge in [-0.15, -0.1) is 11.3 Å². The molecule has 116 valence electrons. The maximum Gasteiger partial charge on any atom is 0.229 e. The van der Waals surface area contributed by atoms with Gasteiger partial charge in [0.25, 0.3) is 0 Å². The Morgan fingerprint density at radius 1 is 1.27 bits per heavy atom. The number of aryl methyl sites for hydroxylation is 1. The van der Waals surface area contributed by atoms with Crippen molar-refractivity contribution in [2.24, 2.45) is 5.92 Å². The van der Waals surface area contributed by atoms with Gasteiger partial charge in [-0.05, 0) is 36.8 Å². The number of carbonyl (C=O) groups excluding carboxylic acids is 1. The molecular formula is C18H22N2OS. The fourth-order valence-corrected chi connectivity index (χ4v) is 3.26. The van der Waals surface area contributed by atoms with Crippen molar-refractivity contribution < 1.29 is 4.79 Å². The second kappa shape index (κ2) is 7.05. The van der Waals surface area contributed by atoms with E-state index in [2.05, 4.69) is 41.5 Å². The summed E-state index contributed by atoms with van der Waals surface area (Å²) in [4.78, 5) is 17.2. The van der Waals surface area contributed by atoms with Crippen molar-refractivity contribution in [2.75, 3.05) is 5.32 Å². The number of carbonyl (C=O) groups is 1. The number of nitrogens with zero attached hydrogens (tertiary/aromatic N) is 1. The minimum Gasteiger partial charge on any atom is -0.302 e. The number of thiazole rings is 1. The van der Waals surface area contributed by atoms with Gasteiger partial charge < -0.3 is 5.32 Å². The number of hydrogen-bond acceptors (Lipinski definition) is 3. The number of anilines is 1. The first kappa shape index (κ1) is 15.2. The monoisotopic (exact) mass is 314 g/mol. The second-order valence-electron chi connectivity index (χ2n) is 5.99. The lowest BCUT2D eigenvalue weighted by Gasteiger charge is -2.02. The summed E-state index contributed by atoms with van der Waals surface area (Å²) >= 11 is 1.58. The van der Waals surface area contributed by atoms with E-state index in [1.807, 2.05) is 6.20 Å². The highest BCUT2D eigenvalue weighted by Gasteiger charge is 2.30. The third-order valence-electron chi connectivity index (χ3n) is 3.95. The molecule has 1 heterocycles. The predicted molar refractivity (Wildman–Crippen MR) is 91.3 cm³/mol. The third kappa shape index (κ3) is 4.17. The molecule has 1 saturated carbocycles. The Labute approximate surface area is 135 Å². The van der Waals surface area contributed by atoms with Crippen LogP contribution >= 0.6 is 11.3 Å². The van der Waals surface area contributed by atoms with E-state index in [0.29, 0.717) is 0 Å². The molecular weight excluding hydrogens is 292 g/mol. The topological polar surface area (TPSA) is 42.0 Å². The number of aromatic nitrogens is 1. The molecule has 1 aliphatic carbocycles. The molecule has 2 aromatic rings. The Bertz CT molecular complexity index is 629. The zero-order chi connectivity index (χ0) is 15.4. The molecule has 1 fully saturated rings. The van der Waals surface area contributed by atoms with Crippen molar-refractivity contribution in [3.63, 3.8) is 0 Å². The van der Waals surface area contributed by atoms with Gasteiger partial charge in [-0.2, -0.15) is 0 Å². The maximum absolute atomic E-state index is 11.7. The molecule has 0 unspecified atom stereocenters. The molecule has 0 aliphatic heterocycles. The molecule has 0 atom stereocenters. The molecule has 22 heavy (non-hydrogen) atoms. The average Bonchev–Trinajstić information content (AvgIpc) is 3.29. The van der Waals surface area contributed by atoms with Crippen molar-refractivity contribution in [3.05, 3.63) is 46.5 Å². The van der Waals surface area contributed by atoms with Crippen LogP contribution < -0.4 is 5.32 Å². The standard InChI is InChI=1S/C18H22N2OS/c1-2-3-4-13-5-7-14(8-6-13)11-16-12-19-18(22-16)20-17(21)15-9-10-15/h5-8,12,15H,2-4,9-11H2,1H3,(H,19,20,21). The van der Waals surface area contributed by atoms with Crippen LogP contribution in [0.25, 0.3) is 0 Å². The molecule has 4 heteroatoms. The van der Waals surface area contributed by atoms with Gasteiger partial charge >= 0.3 is 0 Å². The normalized spacial score (nSPS) is 14.0. The summed E-state index contributed by atoms with van der Waals surface area (Å²) in [5, 5.41) is 3.64. The first-order valence-electron chi connectivity index (χ1n) is 8.08. The zero-order valence-electron chi connectivity index (χ0n) is 13.0. The van der Waals surface area contributed by atoms with Gasteiger partial charge in [0.15, 0.2) is 5.13 Å². The van der Waals surface area contributed by atoms with E-state index in [1.54, 1.807) is 11.3 Å². The highest BCUT2D eigenvalue weighted by molar-refractivity contribution is 7.15. The van der Waals surface area contributed by atoms with Crippen LogP contribution in [0.3, 0.4) is 0 Å². The average molecular weight is 314 g/mol. The van der Waals surface area contributed by atoms with Crippen LogP contribution in [0, 0.1) is 5.92 Å². The van der Waals surface area contributed by atoms with Gasteiger partial charge in [-0.3, -0.25) is 4.79 Å². The fraction of sp³-hybridized carbons (Fsp3) is 0.444. The summed E-state index contributed by atoms with van der Waals surface area (Å²) in [6.45, 7) is 2.22. The van der Waals surface area contributed by atoms with E-state index in [1.165, 1.54) is 28.8 Å². The lowest BCUT2D eigenvalue weighted by atomic mass is 10.0. The predicted octanol–water partition coefficient (Wildman–Crippen LogP) is 4.43. The van der Waals surface area contributed by atoms with Gasteiger partial charge in [-0.25, -0.2) is 4.98 Å². The molecule has 0 radical (unpaired) electrons. The van der Waals surface area contributed by atoms with Crippen LogP contribution in [0.15, 0.2) is 30.5 Å². The van der Waals surface area contributed by atoms with Crippen LogP contribution in [0.4, 0.5) is 5.13 Å². The lowest BCUT2D eigenvalue weighted by molar-refractivity contribution is -0.117. The van der Waals surface area contributed by atoms with E-state index in [-0.39, 0.29) is 11.8 Å². The molecule has 1 N–H and O–H groups in total. The summed E-state index contributed by atoms with van der Waals surface area (Å²) in [6, 6.07) is 8.85. The summed E-state index contributed by atoms with van der Waals surface area (Å²) in [6.07, 6.45) is 8.44. The van der Waals surface area contributed by atoms with Crippen LogP contribution in [0.2, 0.25) is 0 Å². The molecule has 3 nitrogen and oxygen atoms in total. The van der Waals surface area contributed by atoms with Crippen LogP contribution in [0.1, 0.15) is 48.6 Å². The molecule has 0 bridgehead atoms. The molecule has 0 saturated heterocycles. The molecule has 3 rings (SSSR count). The van der Waals surface area contributed by atoms with Gasteiger partial charge in [0.2, 0.25) is 5.91 Å². The molecule has 1 aromatic heterocycles. The summed E-state index contributed by atoms with van der Waals surface area (Å²) in [5.74, 6) is 0.351. The first-order valence-corrected chi connectivity index (χ1v) is 8.89. The van der Waals surface area contributed by atoms with Crippen LogP contribution in [-0.2, 0) is 17.6 Å². The Hall–Kier alpha value is -1.68. The molecule has 0 spiro atoms. The third-order valence-corrected chi connectivity index (χ3v) is 4.86. The zero-order valence-corrected chi connectivity index (χ0v) is 13.8. The Kier molecular flexibility index (Phi) is 4.88. The number of unbranched alkanes of at least 4 members (excludes halogenated alkanes) is 1. The molecule has 1 aliphatic rings. The van der Waals surface area contributed by atoms with Crippen molar-refractivity contribution >= 4 is 22.4 Å². The number of nitrogens with one attached hydrogen (secondary N) is 1. The van der Waals surface area contributed by atoms with Crippen LogP contribution in [0.5, 0.6) is 0 Å². The van der Waals surface area contributed by atoms with E-state index in [4.69, 9.17) is 0 Å². The Balaban J connectivity index is 1.56. The SMILES string of the molecule is CCCCc1ccc(Cc2cnc(NC(=O)C3CC3)s2)cc1. The fourth-order valence-electron chi connectivity index (χ4n) is 2.41. The van der Waals surface area contributed by atoms with Crippen molar-refractivity contribution in [3.8, 4) is 0 Å². The Morgan fingerprint density at radius 3 is 2.68 bits per heavy atom. The highest BCUT2D eigenvalue weighted by atomic mass is 32.1. The van der Waals surface area contributed by atoms with E-state index >= 15 is 0 Å². The maximum atomic E-state index is 11.7. The van der Waals surface area contributed by atoms with Crippen molar-refractivity contribution in [1.82, 2.24) is 4.98 Å². The van der Waals surface area contributed by atoms with Gasteiger partial charge in [0.05, 0.1) is 0 Å². The van der Waals surface area contributed by atoms with Crippen LogP contribution in [-0.4, -0.2) is 10.9 Å². The minimum atomic E-state index is 0.126. The lowest BCUT2D eigenvalue weighted by Crippen LogP contribution is -2.12. The van der Waals surface area contributed by atoms with Crippen molar-refractivity contribution in [1.29, 1.82) is 0 Å². The second-order valence-corrected chi connectivity index (χ2v) is 7.11. The van der Waals surface area contributed by atoms with Crippen molar-refractivity contribution in [2.45, 2.75) is 45.4 Å². The minimum absolute atomic E-state index is 0.126. The quantitative estimate of drug-likeness (QED) is 0.821. The van der Waals surface area contributed by atoms with Gasteiger partial charge in [0.1, 0.15) is 0 Å². The van der Waals surface area contributed by atoms with E-state index < -0.39 is 0 Å². The van der Waals surface area contributed by atoms with E-state index in [0.717, 1.165) is 30.8 Å². The number of benzene rings is 1. The summed E-state index contributed by atoms with van der Waals surface area (Å²) < 4.78 is 0.